The predicted molar refractivity (Wildman–Crippen MR) is 95.9 cm³/mol. The fourth-order valence-corrected chi connectivity index (χ4v) is 2.06. The van der Waals surface area contributed by atoms with Gasteiger partial charge in [0, 0.05) is 0 Å². The van der Waals surface area contributed by atoms with Crippen molar-refractivity contribution in [2.24, 2.45) is 11.5 Å². The molecule has 0 aliphatic carbocycles. The first-order valence-electron chi connectivity index (χ1n) is 7.83. The summed E-state index contributed by atoms with van der Waals surface area (Å²) in [6.45, 7) is 0. The molecule has 0 aliphatic rings. The average molecular weight is 344 g/mol. The molecule has 0 saturated carbocycles. The lowest BCUT2D eigenvalue weighted by molar-refractivity contribution is -0.142. The first-order chi connectivity index (χ1) is 11.9. The molecule has 2 rings (SSSR count). The van der Waals surface area contributed by atoms with E-state index in [1.807, 2.05) is 60.7 Å². The Kier molecular flexibility index (Phi) is 8.92. The van der Waals surface area contributed by atoms with Gasteiger partial charge in [-0.3, -0.25) is 9.59 Å². The quantitative estimate of drug-likeness (QED) is 0.682. The van der Waals surface area contributed by atoms with Crippen LogP contribution >= 0.6 is 0 Å². The number of carbonyl (C=O) groups excluding carboxylic acids is 1. The molecule has 6 heteroatoms. The summed E-state index contributed by atoms with van der Waals surface area (Å²) < 4.78 is 4.52. The normalized spacial score (nSPS) is 12.3. The molecule has 0 fully saturated rings. The van der Waals surface area contributed by atoms with Gasteiger partial charge >= 0.3 is 11.9 Å². The van der Waals surface area contributed by atoms with E-state index in [9.17, 15) is 9.59 Å². The number of carboxylic acids is 1. The standard InChI is InChI=1S/C10H13NO2.C9H11NO2/c1-13-10(12)9(11)7-8-5-3-2-4-6-8;10-8(9(11)12)6-7-4-2-1-3-5-7/h2-6,9H,7,11H2,1H3;1-5,8H,6,10H2,(H,11,12)/t9-;8-/m00/s1. The topological polar surface area (TPSA) is 116 Å². The van der Waals surface area contributed by atoms with Crippen molar-refractivity contribution in [1.29, 1.82) is 0 Å². The molecule has 0 saturated heterocycles. The van der Waals surface area contributed by atoms with E-state index >= 15 is 0 Å². The largest absolute Gasteiger partial charge is 0.480 e. The molecule has 2 aromatic rings. The molecule has 5 N–H and O–H groups in total. The summed E-state index contributed by atoms with van der Waals surface area (Å²) >= 11 is 0. The van der Waals surface area contributed by atoms with Crippen molar-refractivity contribution in [2.45, 2.75) is 24.9 Å². The predicted octanol–water partition coefficient (Wildman–Crippen LogP) is 1.37. The van der Waals surface area contributed by atoms with Crippen LogP contribution in [-0.4, -0.2) is 36.2 Å². The van der Waals surface area contributed by atoms with Crippen molar-refractivity contribution in [1.82, 2.24) is 0 Å². The minimum atomic E-state index is -0.959. The smallest absolute Gasteiger partial charge is 0.322 e. The Balaban J connectivity index is 0.000000251. The number of ether oxygens (including phenoxy) is 1. The van der Waals surface area contributed by atoms with Gasteiger partial charge < -0.3 is 21.3 Å². The van der Waals surface area contributed by atoms with Crippen LogP contribution in [0.2, 0.25) is 0 Å². The van der Waals surface area contributed by atoms with E-state index in [0.717, 1.165) is 11.1 Å². The summed E-state index contributed by atoms with van der Waals surface area (Å²) in [5.41, 5.74) is 12.9. The average Bonchev–Trinajstić information content (AvgIpc) is 2.63. The highest BCUT2D eigenvalue weighted by Gasteiger charge is 2.13. The van der Waals surface area contributed by atoms with E-state index in [2.05, 4.69) is 4.74 Å². The monoisotopic (exact) mass is 344 g/mol. The third-order valence-electron chi connectivity index (χ3n) is 3.42. The van der Waals surface area contributed by atoms with Crippen LogP contribution in [0.4, 0.5) is 0 Å². The maximum Gasteiger partial charge on any atom is 0.322 e. The second-order valence-corrected chi connectivity index (χ2v) is 5.45. The van der Waals surface area contributed by atoms with E-state index < -0.39 is 18.1 Å². The van der Waals surface area contributed by atoms with Crippen molar-refractivity contribution in [3.8, 4) is 0 Å². The molecule has 0 aliphatic heterocycles. The Hall–Kier alpha value is -2.70. The Morgan fingerprint density at radius 2 is 1.28 bits per heavy atom. The van der Waals surface area contributed by atoms with Crippen LogP contribution in [0.1, 0.15) is 11.1 Å². The molecule has 2 atom stereocenters. The molecule has 6 nitrogen and oxygen atoms in total. The number of methoxy groups -OCH3 is 1. The first kappa shape index (κ1) is 20.3. The van der Waals surface area contributed by atoms with Crippen LogP contribution in [0, 0.1) is 0 Å². The maximum atomic E-state index is 11.0. The third kappa shape index (κ3) is 8.10. The van der Waals surface area contributed by atoms with E-state index in [-0.39, 0.29) is 5.97 Å². The molecule has 0 radical (unpaired) electrons. The van der Waals surface area contributed by atoms with Gasteiger partial charge in [-0.2, -0.15) is 0 Å². The second-order valence-electron chi connectivity index (χ2n) is 5.45. The van der Waals surface area contributed by atoms with Gasteiger partial charge in [-0.1, -0.05) is 60.7 Å². The minimum Gasteiger partial charge on any atom is -0.480 e. The van der Waals surface area contributed by atoms with Crippen LogP contribution in [0.15, 0.2) is 60.7 Å². The van der Waals surface area contributed by atoms with Gasteiger partial charge in [0.05, 0.1) is 7.11 Å². The summed E-state index contributed by atoms with van der Waals surface area (Å²) in [4.78, 5) is 21.3. The van der Waals surface area contributed by atoms with Crippen LogP contribution in [-0.2, 0) is 27.2 Å². The number of carbonyl (C=O) groups is 2. The zero-order chi connectivity index (χ0) is 18.7. The summed E-state index contributed by atoms with van der Waals surface area (Å²) in [5.74, 6) is -1.33. The van der Waals surface area contributed by atoms with Crippen molar-refractivity contribution in [3.05, 3.63) is 71.8 Å². The highest BCUT2D eigenvalue weighted by molar-refractivity contribution is 5.75. The molecule has 25 heavy (non-hydrogen) atoms. The SMILES string of the molecule is COC(=O)[C@@H](N)Cc1ccccc1.N[C@@H](Cc1ccccc1)C(=O)O. The number of hydrogen-bond acceptors (Lipinski definition) is 5. The number of carboxylic acid groups (broad SMARTS) is 1. The van der Waals surface area contributed by atoms with Gasteiger partial charge in [-0.25, -0.2) is 0 Å². The highest BCUT2D eigenvalue weighted by atomic mass is 16.5. The fourth-order valence-electron chi connectivity index (χ4n) is 2.06. The minimum absolute atomic E-state index is 0.371. The summed E-state index contributed by atoms with van der Waals surface area (Å²) in [5, 5.41) is 8.52. The highest BCUT2D eigenvalue weighted by Crippen LogP contribution is 2.02. The van der Waals surface area contributed by atoms with E-state index in [1.54, 1.807) is 0 Å². The zero-order valence-electron chi connectivity index (χ0n) is 14.2. The van der Waals surface area contributed by atoms with Crippen LogP contribution < -0.4 is 11.5 Å². The van der Waals surface area contributed by atoms with Crippen LogP contribution in [0.3, 0.4) is 0 Å². The lowest BCUT2D eigenvalue weighted by Gasteiger charge is -2.08. The number of benzene rings is 2. The van der Waals surface area contributed by atoms with Crippen molar-refractivity contribution in [3.63, 3.8) is 0 Å². The number of rotatable bonds is 6. The molecule has 0 unspecified atom stereocenters. The van der Waals surface area contributed by atoms with E-state index in [0.29, 0.717) is 12.8 Å². The molecule has 0 aromatic heterocycles. The van der Waals surface area contributed by atoms with Crippen molar-refractivity contribution in [2.75, 3.05) is 7.11 Å². The number of esters is 1. The molecule has 0 amide bonds. The van der Waals surface area contributed by atoms with E-state index in [4.69, 9.17) is 16.6 Å². The van der Waals surface area contributed by atoms with Crippen LogP contribution in [0.25, 0.3) is 0 Å². The molecule has 2 aromatic carbocycles. The zero-order valence-corrected chi connectivity index (χ0v) is 14.2. The molecule has 134 valence electrons. The van der Waals surface area contributed by atoms with E-state index in [1.165, 1.54) is 7.11 Å². The van der Waals surface area contributed by atoms with Gasteiger partial charge in [0.2, 0.25) is 0 Å². The third-order valence-corrected chi connectivity index (χ3v) is 3.42. The molecule has 0 bridgehead atoms. The first-order valence-corrected chi connectivity index (χ1v) is 7.83. The molecular formula is C19H24N2O4. The Morgan fingerprint density at radius 3 is 1.64 bits per heavy atom. The Labute approximate surface area is 147 Å². The fraction of sp³-hybridized carbons (Fsp3) is 0.263. The summed E-state index contributed by atoms with van der Waals surface area (Å²) in [6.07, 6.45) is 0.906. The number of hydrogen-bond donors (Lipinski definition) is 3. The Morgan fingerprint density at radius 1 is 0.880 bits per heavy atom. The van der Waals surface area contributed by atoms with Crippen molar-refractivity contribution < 1.29 is 19.4 Å². The van der Waals surface area contributed by atoms with Gasteiger partial charge in [-0.15, -0.1) is 0 Å². The Bertz CT molecular complexity index is 647. The summed E-state index contributed by atoms with van der Waals surface area (Å²) in [6, 6.07) is 17.6. The lowest BCUT2D eigenvalue weighted by Crippen LogP contribution is -2.33. The maximum absolute atomic E-state index is 11.0. The van der Waals surface area contributed by atoms with Crippen molar-refractivity contribution >= 4 is 11.9 Å². The number of nitrogens with two attached hydrogens (primary N) is 2. The number of aliphatic carboxylic acids is 1. The van der Waals surface area contributed by atoms with Gasteiger partial charge in [0.25, 0.3) is 0 Å². The van der Waals surface area contributed by atoms with Gasteiger partial charge in [0.1, 0.15) is 12.1 Å². The summed E-state index contributed by atoms with van der Waals surface area (Å²) in [7, 11) is 1.34. The molecule has 0 spiro atoms. The van der Waals surface area contributed by atoms with Gasteiger partial charge in [-0.05, 0) is 24.0 Å². The molecule has 0 heterocycles. The molecular weight excluding hydrogens is 320 g/mol. The van der Waals surface area contributed by atoms with Crippen LogP contribution in [0.5, 0.6) is 0 Å². The van der Waals surface area contributed by atoms with Gasteiger partial charge in [0.15, 0.2) is 0 Å². The second kappa shape index (κ2) is 11.0. The lowest BCUT2D eigenvalue weighted by atomic mass is 10.1.